The number of nitrogens with one attached hydrogen (secondary N) is 1. The summed E-state index contributed by atoms with van der Waals surface area (Å²) in [7, 11) is 0. The molecule has 0 aliphatic heterocycles. The predicted molar refractivity (Wildman–Crippen MR) is 98.2 cm³/mol. The Kier molecular flexibility index (Phi) is 4.30. The van der Waals surface area contributed by atoms with Crippen molar-refractivity contribution in [3.8, 4) is 11.1 Å². The Hall–Kier alpha value is -3.67. The highest BCUT2D eigenvalue weighted by molar-refractivity contribution is 5.98. The van der Waals surface area contributed by atoms with E-state index in [0.717, 1.165) is 27.6 Å². The van der Waals surface area contributed by atoms with E-state index in [0.29, 0.717) is 12.2 Å². The monoisotopic (exact) mass is 341 g/mol. The second-order valence-electron chi connectivity index (χ2n) is 5.74. The number of carbonyl (C=O) groups is 1. The molecule has 4 rings (SSSR count). The standard InChI is InChI=1S/C20H15N5O/c26-20(24-10-14-5-8-21-9-6-14)18-4-3-16-12-23-13-17(19(16)25-18)15-2-1-7-22-11-15/h1-9,11-13H,10H2,(H,24,26). The lowest BCUT2D eigenvalue weighted by atomic mass is 10.1. The number of pyridine rings is 4. The largest absolute Gasteiger partial charge is 0.347 e. The first kappa shape index (κ1) is 15.8. The van der Waals surface area contributed by atoms with E-state index in [-0.39, 0.29) is 5.91 Å². The van der Waals surface area contributed by atoms with Crippen LogP contribution in [0.1, 0.15) is 16.1 Å². The Balaban J connectivity index is 1.65. The number of fused-ring (bicyclic) bond motifs is 1. The maximum atomic E-state index is 12.5. The van der Waals surface area contributed by atoms with Crippen LogP contribution in [0, 0.1) is 0 Å². The molecule has 0 saturated carbocycles. The molecule has 0 fully saturated rings. The molecular formula is C20H15N5O. The lowest BCUT2D eigenvalue weighted by molar-refractivity contribution is 0.0946. The fraction of sp³-hybridized carbons (Fsp3) is 0.0500. The van der Waals surface area contributed by atoms with Crippen LogP contribution in [0.3, 0.4) is 0 Å². The average Bonchev–Trinajstić information content (AvgIpc) is 2.72. The third kappa shape index (κ3) is 3.25. The predicted octanol–water partition coefficient (Wildman–Crippen LogP) is 3.02. The van der Waals surface area contributed by atoms with Crippen LogP contribution < -0.4 is 5.32 Å². The number of carbonyl (C=O) groups excluding carboxylic acids is 1. The first-order valence-electron chi connectivity index (χ1n) is 8.13. The molecule has 26 heavy (non-hydrogen) atoms. The molecule has 0 atom stereocenters. The molecule has 1 amide bonds. The van der Waals surface area contributed by atoms with Gasteiger partial charge in [-0.1, -0.05) is 6.07 Å². The summed E-state index contributed by atoms with van der Waals surface area (Å²) in [5.41, 5.74) is 3.83. The van der Waals surface area contributed by atoms with Gasteiger partial charge in [-0.05, 0) is 35.9 Å². The lowest BCUT2D eigenvalue weighted by Crippen LogP contribution is -2.23. The van der Waals surface area contributed by atoms with Crippen molar-refractivity contribution in [2.45, 2.75) is 6.54 Å². The van der Waals surface area contributed by atoms with Crippen molar-refractivity contribution in [2.24, 2.45) is 0 Å². The second kappa shape index (κ2) is 7.06. The zero-order valence-electron chi connectivity index (χ0n) is 13.8. The second-order valence-corrected chi connectivity index (χ2v) is 5.74. The maximum Gasteiger partial charge on any atom is 0.270 e. The minimum absolute atomic E-state index is 0.224. The molecule has 0 unspecified atom stereocenters. The van der Waals surface area contributed by atoms with Gasteiger partial charge < -0.3 is 5.32 Å². The molecule has 1 N–H and O–H groups in total. The molecule has 0 radical (unpaired) electrons. The molecule has 0 aliphatic rings. The van der Waals surface area contributed by atoms with E-state index < -0.39 is 0 Å². The van der Waals surface area contributed by atoms with Crippen LogP contribution in [0.2, 0.25) is 0 Å². The molecular weight excluding hydrogens is 326 g/mol. The Bertz CT molecular complexity index is 1050. The Morgan fingerprint density at radius 3 is 2.58 bits per heavy atom. The zero-order valence-corrected chi connectivity index (χ0v) is 13.8. The SMILES string of the molecule is O=C(NCc1ccncc1)c1ccc2cncc(-c3cccnc3)c2n1. The van der Waals surface area contributed by atoms with Gasteiger partial charge in [0.05, 0.1) is 5.52 Å². The van der Waals surface area contributed by atoms with Crippen molar-refractivity contribution in [1.29, 1.82) is 0 Å². The summed E-state index contributed by atoms with van der Waals surface area (Å²) < 4.78 is 0. The Labute approximate surface area is 150 Å². The minimum atomic E-state index is -0.224. The van der Waals surface area contributed by atoms with Gasteiger partial charge >= 0.3 is 0 Å². The molecule has 4 aromatic rings. The third-order valence-corrected chi connectivity index (χ3v) is 4.01. The Morgan fingerprint density at radius 1 is 0.885 bits per heavy atom. The van der Waals surface area contributed by atoms with Gasteiger partial charge in [0.1, 0.15) is 5.69 Å². The zero-order chi connectivity index (χ0) is 17.8. The molecule has 0 aliphatic carbocycles. The number of hydrogen-bond acceptors (Lipinski definition) is 5. The quantitative estimate of drug-likeness (QED) is 0.617. The van der Waals surface area contributed by atoms with Crippen LogP contribution in [0.4, 0.5) is 0 Å². The van der Waals surface area contributed by atoms with Crippen LogP contribution in [-0.4, -0.2) is 25.8 Å². The number of hydrogen-bond donors (Lipinski definition) is 1. The molecule has 0 bridgehead atoms. The molecule has 4 heterocycles. The number of amides is 1. The van der Waals surface area contributed by atoms with Crippen molar-refractivity contribution in [3.63, 3.8) is 0 Å². The number of nitrogens with zero attached hydrogens (tertiary/aromatic N) is 4. The van der Waals surface area contributed by atoms with Gasteiger partial charge in [-0.2, -0.15) is 0 Å². The van der Waals surface area contributed by atoms with E-state index in [9.17, 15) is 4.79 Å². The van der Waals surface area contributed by atoms with Gasteiger partial charge in [0.15, 0.2) is 0 Å². The van der Waals surface area contributed by atoms with Crippen molar-refractivity contribution in [2.75, 3.05) is 0 Å². The molecule has 0 saturated heterocycles. The highest BCUT2D eigenvalue weighted by Gasteiger charge is 2.11. The van der Waals surface area contributed by atoms with Crippen LogP contribution >= 0.6 is 0 Å². The molecule has 0 spiro atoms. The topological polar surface area (TPSA) is 80.7 Å². The van der Waals surface area contributed by atoms with E-state index in [1.54, 1.807) is 43.2 Å². The summed E-state index contributed by atoms with van der Waals surface area (Å²) in [6.07, 6.45) is 10.3. The molecule has 126 valence electrons. The summed E-state index contributed by atoms with van der Waals surface area (Å²) in [5.74, 6) is -0.224. The maximum absolute atomic E-state index is 12.5. The first-order chi connectivity index (χ1) is 12.8. The van der Waals surface area contributed by atoms with Gasteiger partial charge in [0.25, 0.3) is 5.91 Å². The van der Waals surface area contributed by atoms with Gasteiger partial charge in [0, 0.05) is 60.2 Å². The molecule has 4 aromatic heterocycles. The summed E-state index contributed by atoms with van der Waals surface area (Å²) in [6.45, 7) is 0.423. The van der Waals surface area contributed by atoms with Gasteiger partial charge in [0.2, 0.25) is 0 Å². The first-order valence-corrected chi connectivity index (χ1v) is 8.13. The summed E-state index contributed by atoms with van der Waals surface area (Å²) >= 11 is 0. The lowest BCUT2D eigenvalue weighted by Gasteiger charge is -2.08. The smallest absolute Gasteiger partial charge is 0.270 e. The van der Waals surface area contributed by atoms with Crippen LogP contribution in [0.25, 0.3) is 22.0 Å². The van der Waals surface area contributed by atoms with Gasteiger partial charge in [-0.25, -0.2) is 4.98 Å². The van der Waals surface area contributed by atoms with E-state index in [4.69, 9.17) is 0 Å². The van der Waals surface area contributed by atoms with Crippen molar-refractivity contribution in [1.82, 2.24) is 25.3 Å². The van der Waals surface area contributed by atoms with Crippen molar-refractivity contribution < 1.29 is 4.79 Å². The van der Waals surface area contributed by atoms with Gasteiger partial charge in [-0.3, -0.25) is 19.7 Å². The highest BCUT2D eigenvalue weighted by Crippen LogP contribution is 2.25. The fourth-order valence-corrected chi connectivity index (χ4v) is 2.68. The molecule has 6 heteroatoms. The fourth-order valence-electron chi connectivity index (χ4n) is 2.68. The normalized spacial score (nSPS) is 10.6. The van der Waals surface area contributed by atoms with Crippen LogP contribution in [-0.2, 0) is 6.54 Å². The average molecular weight is 341 g/mol. The highest BCUT2D eigenvalue weighted by atomic mass is 16.1. The Morgan fingerprint density at radius 2 is 1.77 bits per heavy atom. The van der Waals surface area contributed by atoms with Crippen LogP contribution in [0.5, 0.6) is 0 Å². The number of rotatable bonds is 4. The van der Waals surface area contributed by atoms with E-state index >= 15 is 0 Å². The van der Waals surface area contributed by atoms with Gasteiger partial charge in [-0.15, -0.1) is 0 Å². The van der Waals surface area contributed by atoms with Crippen molar-refractivity contribution in [3.05, 3.63) is 84.8 Å². The summed E-state index contributed by atoms with van der Waals surface area (Å²) in [5, 5.41) is 3.75. The van der Waals surface area contributed by atoms with Crippen LogP contribution in [0.15, 0.2) is 73.6 Å². The summed E-state index contributed by atoms with van der Waals surface area (Å²) in [6, 6.07) is 11.1. The number of aromatic nitrogens is 4. The molecule has 6 nitrogen and oxygen atoms in total. The summed E-state index contributed by atoms with van der Waals surface area (Å²) in [4.78, 5) is 29.4. The van der Waals surface area contributed by atoms with E-state index in [1.165, 1.54) is 0 Å². The van der Waals surface area contributed by atoms with Crippen molar-refractivity contribution >= 4 is 16.8 Å². The molecule has 0 aromatic carbocycles. The van der Waals surface area contributed by atoms with E-state index in [1.807, 2.05) is 30.3 Å². The third-order valence-electron chi connectivity index (χ3n) is 4.01. The minimum Gasteiger partial charge on any atom is -0.347 e. The van der Waals surface area contributed by atoms with E-state index in [2.05, 4.69) is 25.3 Å².